The third-order valence-electron chi connectivity index (χ3n) is 4.99. The van der Waals surface area contributed by atoms with Crippen molar-refractivity contribution >= 4 is 23.4 Å². The Kier molecular flexibility index (Phi) is 5.03. The highest BCUT2D eigenvalue weighted by Gasteiger charge is 2.30. The third kappa shape index (κ3) is 3.78. The number of nitrogens with one attached hydrogen (secondary N) is 1. The lowest BCUT2D eigenvalue weighted by Gasteiger charge is -2.22. The number of thioether (sulfide) groups is 1. The van der Waals surface area contributed by atoms with E-state index in [9.17, 15) is 4.79 Å². The molecule has 4 rings (SSSR count). The first-order valence-electron chi connectivity index (χ1n) is 9.24. The Morgan fingerprint density at radius 2 is 1.93 bits per heavy atom. The van der Waals surface area contributed by atoms with Gasteiger partial charge in [-0.25, -0.2) is 4.98 Å². The van der Waals surface area contributed by atoms with E-state index in [1.807, 2.05) is 48.2 Å². The van der Waals surface area contributed by atoms with Crippen molar-refractivity contribution in [3.8, 4) is 0 Å². The lowest BCUT2D eigenvalue weighted by atomic mass is 10.1. The number of carbonyl (C=O) groups excluding carboxylic acids is 1. The predicted octanol–water partition coefficient (Wildman–Crippen LogP) is 4.38. The minimum Gasteiger partial charge on any atom is -0.337 e. The van der Waals surface area contributed by atoms with E-state index in [-0.39, 0.29) is 11.9 Å². The van der Waals surface area contributed by atoms with Gasteiger partial charge in [-0.1, -0.05) is 60.3 Å². The van der Waals surface area contributed by atoms with E-state index >= 15 is 0 Å². The summed E-state index contributed by atoms with van der Waals surface area (Å²) in [4.78, 5) is 22.8. The van der Waals surface area contributed by atoms with E-state index in [0.29, 0.717) is 5.75 Å². The molecular formula is C22H23N3OS. The second kappa shape index (κ2) is 7.61. The fourth-order valence-corrected chi connectivity index (χ4v) is 4.44. The van der Waals surface area contributed by atoms with Crippen molar-refractivity contribution < 1.29 is 4.79 Å². The Hall–Kier alpha value is -2.53. The number of amides is 1. The van der Waals surface area contributed by atoms with Gasteiger partial charge in [0.2, 0.25) is 5.91 Å². The van der Waals surface area contributed by atoms with Crippen molar-refractivity contribution in [3.63, 3.8) is 0 Å². The van der Waals surface area contributed by atoms with Crippen molar-refractivity contribution in [1.29, 1.82) is 0 Å². The topological polar surface area (TPSA) is 49.0 Å². The van der Waals surface area contributed by atoms with Gasteiger partial charge in [0.15, 0.2) is 5.16 Å². The van der Waals surface area contributed by atoms with Crippen LogP contribution in [0.25, 0.3) is 0 Å². The number of hydrogen-bond acceptors (Lipinski definition) is 3. The molecule has 5 heteroatoms. The van der Waals surface area contributed by atoms with E-state index in [1.165, 1.54) is 22.9 Å². The highest BCUT2D eigenvalue weighted by atomic mass is 32.2. The predicted molar refractivity (Wildman–Crippen MR) is 110 cm³/mol. The molecule has 3 aromatic rings. The van der Waals surface area contributed by atoms with Gasteiger partial charge in [0.1, 0.15) is 0 Å². The van der Waals surface area contributed by atoms with Crippen LogP contribution in [-0.2, 0) is 17.6 Å². The highest BCUT2D eigenvalue weighted by Crippen LogP contribution is 2.32. The van der Waals surface area contributed by atoms with Crippen LogP contribution in [0.4, 0.5) is 5.69 Å². The number of aryl methyl sites for hydroxylation is 1. The van der Waals surface area contributed by atoms with Gasteiger partial charge in [-0.15, -0.1) is 0 Å². The molecule has 1 atom stereocenters. The smallest absolute Gasteiger partial charge is 0.237 e. The van der Waals surface area contributed by atoms with Gasteiger partial charge in [0.25, 0.3) is 0 Å². The maximum Gasteiger partial charge on any atom is 0.237 e. The Balaban J connectivity index is 1.42. The van der Waals surface area contributed by atoms with Crippen LogP contribution >= 0.6 is 11.8 Å². The van der Waals surface area contributed by atoms with E-state index in [1.54, 1.807) is 0 Å². The standard InChI is InChI=1S/C22H23N3OS/c1-15-12-18-10-6-7-11-20(18)25(15)21(26)14-27-22-23-16(2)19(24-22)13-17-8-4-3-5-9-17/h3-11,15H,12-14H2,1-2H3,(H,23,24)/t15-/m1/s1. The number of nitrogens with zero attached hydrogens (tertiary/aromatic N) is 2. The van der Waals surface area contributed by atoms with E-state index in [4.69, 9.17) is 4.98 Å². The molecule has 1 aromatic heterocycles. The summed E-state index contributed by atoms with van der Waals surface area (Å²) in [5.41, 5.74) is 5.64. The fraction of sp³-hybridized carbons (Fsp3) is 0.273. The largest absolute Gasteiger partial charge is 0.337 e. The van der Waals surface area contributed by atoms with E-state index in [0.717, 1.165) is 35.1 Å². The zero-order valence-electron chi connectivity index (χ0n) is 15.6. The van der Waals surface area contributed by atoms with Crippen LogP contribution in [0.1, 0.15) is 29.4 Å². The van der Waals surface area contributed by atoms with Gasteiger partial charge in [-0.3, -0.25) is 4.79 Å². The molecule has 0 aliphatic carbocycles. The molecule has 0 fully saturated rings. The minimum atomic E-state index is 0.135. The normalized spacial score (nSPS) is 15.8. The van der Waals surface area contributed by atoms with E-state index in [2.05, 4.69) is 30.1 Å². The first-order valence-corrected chi connectivity index (χ1v) is 10.2. The monoisotopic (exact) mass is 377 g/mol. The summed E-state index contributed by atoms with van der Waals surface area (Å²) in [5.74, 6) is 0.521. The lowest BCUT2D eigenvalue weighted by molar-refractivity contribution is -0.116. The molecule has 0 spiro atoms. The van der Waals surface area contributed by atoms with Gasteiger partial charge >= 0.3 is 0 Å². The number of hydrogen-bond donors (Lipinski definition) is 1. The highest BCUT2D eigenvalue weighted by molar-refractivity contribution is 7.99. The molecule has 1 aliphatic heterocycles. The molecule has 4 nitrogen and oxygen atoms in total. The van der Waals surface area contributed by atoms with Crippen LogP contribution in [0.15, 0.2) is 59.8 Å². The van der Waals surface area contributed by atoms with Crippen LogP contribution < -0.4 is 4.90 Å². The second-order valence-corrected chi connectivity index (χ2v) is 7.97. The summed E-state index contributed by atoms with van der Waals surface area (Å²) in [6.07, 6.45) is 1.72. The van der Waals surface area contributed by atoms with Crippen molar-refractivity contribution in [2.45, 2.75) is 37.9 Å². The Morgan fingerprint density at radius 1 is 1.19 bits per heavy atom. The van der Waals surface area contributed by atoms with Gasteiger partial charge in [-0.05, 0) is 37.5 Å². The Bertz CT molecular complexity index is 951. The maximum atomic E-state index is 12.8. The van der Waals surface area contributed by atoms with Crippen molar-refractivity contribution in [1.82, 2.24) is 9.97 Å². The molecule has 1 aliphatic rings. The molecule has 138 valence electrons. The van der Waals surface area contributed by atoms with Crippen LogP contribution in [-0.4, -0.2) is 27.7 Å². The molecule has 0 saturated heterocycles. The van der Waals surface area contributed by atoms with Crippen LogP contribution in [0, 0.1) is 6.92 Å². The number of rotatable bonds is 5. The molecule has 2 heterocycles. The molecule has 0 unspecified atom stereocenters. The number of para-hydroxylation sites is 1. The SMILES string of the molecule is Cc1[nH]c(SCC(=O)N2c3ccccc3C[C@H]2C)nc1Cc1ccccc1. The number of anilines is 1. The lowest BCUT2D eigenvalue weighted by Crippen LogP contribution is -2.37. The summed E-state index contributed by atoms with van der Waals surface area (Å²) < 4.78 is 0. The number of benzene rings is 2. The summed E-state index contributed by atoms with van der Waals surface area (Å²) in [7, 11) is 0. The average Bonchev–Trinajstić information content (AvgIpc) is 3.19. The van der Waals surface area contributed by atoms with Gasteiger partial charge in [0, 0.05) is 23.8 Å². The number of aromatic amines is 1. The van der Waals surface area contributed by atoms with Crippen LogP contribution in [0.5, 0.6) is 0 Å². The fourth-order valence-electron chi connectivity index (χ4n) is 3.64. The second-order valence-electron chi connectivity index (χ2n) is 7.01. The summed E-state index contributed by atoms with van der Waals surface area (Å²) in [6.45, 7) is 4.15. The number of H-pyrrole nitrogens is 1. The molecule has 27 heavy (non-hydrogen) atoms. The number of carbonyl (C=O) groups is 1. The van der Waals surface area contributed by atoms with Gasteiger partial charge in [-0.2, -0.15) is 0 Å². The molecule has 0 bridgehead atoms. The molecule has 0 radical (unpaired) electrons. The van der Waals surface area contributed by atoms with E-state index < -0.39 is 0 Å². The molecule has 1 amide bonds. The molecular weight excluding hydrogens is 354 g/mol. The van der Waals surface area contributed by atoms with Crippen molar-refractivity contribution in [3.05, 3.63) is 77.1 Å². The Morgan fingerprint density at radius 3 is 2.74 bits per heavy atom. The average molecular weight is 378 g/mol. The Labute approximate surface area is 164 Å². The van der Waals surface area contributed by atoms with Gasteiger partial charge in [0.05, 0.1) is 11.4 Å². The molecule has 1 N–H and O–H groups in total. The summed E-state index contributed by atoms with van der Waals surface area (Å²) in [6, 6.07) is 18.7. The zero-order valence-corrected chi connectivity index (χ0v) is 16.4. The number of aromatic nitrogens is 2. The quantitative estimate of drug-likeness (QED) is 0.671. The summed E-state index contributed by atoms with van der Waals surface area (Å²) >= 11 is 1.48. The first-order chi connectivity index (χ1) is 13.1. The maximum absolute atomic E-state index is 12.8. The first kappa shape index (κ1) is 17.9. The van der Waals surface area contributed by atoms with Crippen LogP contribution in [0.3, 0.4) is 0 Å². The van der Waals surface area contributed by atoms with Crippen molar-refractivity contribution in [2.75, 3.05) is 10.7 Å². The zero-order chi connectivity index (χ0) is 18.8. The van der Waals surface area contributed by atoms with Gasteiger partial charge < -0.3 is 9.88 Å². The molecule has 2 aromatic carbocycles. The minimum absolute atomic E-state index is 0.135. The third-order valence-corrected chi connectivity index (χ3v) is 5.84. The molecule has 0 saturated carbocycles. The van der Waals surface area contributed by atoms with Crippen molar-refractivity contribution in [2.24, 2.45) is 0 Å². The van der Waals surface area contributed by atoms with Crippen LogP contribution in [0.2, 0.25) is 0 Å². The number of imidazole rings is 1. The summed E-state index contributed by atoms with van der Waals surface area (Å²) in [5, 5.41) is 0.812. The number of fused-ring (bicyclic) bond motifs is 1.